The van der Waals surface area contributed by atoms with Gasteiger partial charge in [-0.25, -0.2) is 14.4 Å². The number of hydrogen-bond acceptors (Lipinski definition) is 6. The highest BCUT2D eigenvalue weighted by Crippen LogP contribution is 2.07. The van der Waals surface area contributed by atoms with Crippen LogP contribution in [0.1, 0.15) is 41.0 Å². The third kappa shape index (κ3) is 7.47. The highest BCUT2D eigenvalue weighted by molar-refractivity contribution is 5.97. The van der Waals surface area contributed by atoms with Crippen LogP contribution in [0.3, 0.4) is 0 Å². The largest absolute Gasteiger partial charge is 0.465 e. The van der Waals surface area contributed by atoms with Crippen molar-refractivity contribution in [1.82, 2.24) is 10.6 Å². The fraction of sp³-hybridized carbons (Fsp3) is 0.412. The summed E-state index contributed by atoms with van der Waals surface area (Å²) in [5.74, 6) is -1.57. The maximum absolute atomic E-state index is 11.8. The lowest BCUT2D eigenvalue weighted by Gasteiger charge is -2.08. The van der Waals surface area contributed by atoms with E-state index in [2.05, 4.69) is 15.4 Å². The van der Waals surface area contributed by atoms with Gasteiger partial charge in [0.15, 0.2) is 6.61 Å². The van der Waals surface area contributed by atoms with Gasteiger partial charge in [-0.3, -0.25) is 10.1 Å². The van der Waals surface area contributed by atoms with Crippen LogP contribution in [-0.4, -0.2) is 44.1 Å². The van der Waals surface area contributed by atoms with Crippen molar-refractivity contribution in [2.24, 2.45) is 5.92 Å². The molecule has 0 saturated carbocycles. The average molecular weight is 350 g/mol. The Hall–Kier alpha value is -2.90. The summed E-state index contributed by atoms with van der Waals surface area (Å²) in [5, 5.41) is 4.60. The summed E-state index contributed by atoms with van der Waals surface area (Å²) in [4.78, 5) is 46.1. The number of methoxy groups -OCH3 is 1. The lowest BCUT2D eigenvalue weighted by atomic mass is 10.1. The van der Waals surface area contributed by atoms with Crippen molar-refractivity contribution in [2.45, 2.75) is 20.3 Å². The van der Waals surface area contributed by atoms with E-state index in [0.717, 1.165) is 6.42 Å². The molecule has 0 aliphatic heterocycles. The molecule has 0 aliphatic rings. The lowest BCUT2D eigenvalue weighted by Crippen LogP contribution is -2.41. The van der Waals surface area contributed by atoms with E-state index in [1.54, 1.807) is 0 Å². The normalized spacial score (nSPS) is 10.1. The first-order valence-electron chi connectivity index (χ1n) is 7.76. The zero-order valence-electron chi connectivity index (χ0n) is 14.5. The second-order valence-corrected chi connectivity index (χ2v) is 5.63. The maximum Gasteiger partial charge on any atom is 0.338 e. The van der Waals surface area contributed by atoms with Crippen molar-refractivity contribution < 1.29 is 28.7 Å². The topological polar surface area (TPSA) is 111 Å². The van der Waals surface area contributed by atoms with Gasteiger partial charge < -0.3 is 14.8 Å². The van der Waals surface area contributed by atoms with Gasteiger partial charge in [-0.2, -0.15) is 0 Å². The SMILES string of the molecule is COC(=O)c1ccc(C(=O)OCC(=O)NC(=O)NCCC(C)C)cc1. The number of esters is 2. The van der Waals surface area contributed by atoms with Crippen LogP contribution in [0.25, 0.3) is 0 Å². The molecule has 1 rings (SSSR count). The van der Waals surface area contributed by atoms with Crippen molar-refractivity contribution in [3.05, 3.63) is 35.4 Å². The van der Waals surface area contributed by atoms with E-state index in [0.29, 0.717) is 12.5 Å². The smallest absolute Gasteiger partial charge is 0.338 e. The molecule has 0 fully saturated rings. The highest BCUT2D eigenvalue weighted by atomic mass is 16.5. The number of benzene rings is 1. The van der Waals surface area contributed by atoms with Gasteiger partial charge in [0.1, 0.15) is 0 Å². The third-order valence-electron chi connectivity index (χ3n) is 3.14. The molecule has 0 radical (unpaired) electrons. The minimum atomic E-state index is -0.744. The Kier molecular flexibility index (Phi) is 8.11. The van der Waals surface area contributed by atoms with Crippen molar-refractivity contribution in [2.75, 3.05) is 20.3 Å². The van der Waals surface area contributed by atoms with Gasteiger partial charge in [-0.1, -0.05) is 13.8 Å². The fourth-order valence-corrected chi connectivity index (χ4v) is 1.76. The van der Waals surface area contributed by atoms with Crippen LogP contribution in [0.15, 0.2) is 24.3 Å². The van der Waals surface area contributed by atoms with Crippen LogP contribution in [0.4, 0.5) is 4.79 Å². The molecule has 0 aliphatic carbocycles. The first-order valence-corrected chi connectivity index (χ1v) is 7.76. The standard InChI is InChI=1S/C17H22N2O6/c1-11(2)8-9-18-17(23)19-14(20)10-25-16(22)13-6-4-12(5-7-13)15(21)24-3/h4-7,11H,8-10H2,1-3H3,(H2,18,19,20,23). The zero-order chi connectivity index (χ0) is 18.8. The molecule has 0 atom stereocenters. The molecule has 8 heteroatoms. The quantitative estimate of drug-likeness (QED) is 0.721. The average Bonchev–Trinajstić information content (AvgIpc) is 2.58. The van der Waals surface area contributed by atoms with Gasteiger partial charge in [-0.05, 0) is 36.6 Å². The first kappa shape index (κ1) is 20.1. The van der Waals surface area contributed by atoms with Crippen LogP contribution < -0.4 is 10.6 Å². The molecule has 3 amide bonds. The van der Waals surface area contributed by atoms with Gasteiger partial charge in [0, 0.05) is 6.54 Å². The van der Waals surface area contributed by atoms with Crippen LogP contribution in [-0.2, 0) is 14.3 Å². The van der Waals surface area contributed by atoms with Crippen LogP contribution in [0.5, 0.6) is 0 Å². The summed E-state index contributed by atoms with van der Waals surface area (Å²) in [6.07, 6.45) is 0.790. The molecule has 25 heavy (non-hydrogen) atoms. The van der Waals surface area contributed by atoms with Crippen molar-refractivity contribution in [3.63, 3.8) is 0 Å². The van der Waals surface area contributed by atoms with E-state index in [1.807, 2.05) is 13.8 Å². The predicted molar refractivity (Wildman–Crippen MR) is 89.1 cm³/mol. The monoisotopic (exact) mass is 350 g/mol. The summed E-state index contributed by atoms with van der Waals surface area (Å²) in [6.45, 7) is 3.89. The molecule has 1 aromatic carbocycles. The number of ether oxygens (including phenoxy) is 2. The Balaban J connectivity index is 2.39. The molecule has 0 aromatic heterocycles. The number of rotatable bonds is 7. The Morgan fingerprint density at radius 3 is 2.08 bits per heavy atom. The molecule has 0 saturated heterocycles. The van der Waals surface area contributed by atoms with E-state index in [1.165, 1.54) is 31.4 Å². The predicted octanol–water partition coefficient (Wildman–Crippen LogP) is 1.50. The molecule has 0 heterocycles. The Bertz CT molecular complexity index is 625. The van der Waals surface area contributed by atoms with Crippen molar-refractivity contribution in [1.29, 1.82) is 0 Å². The summed E-state index contributed by atoms with van der Waals surface area (Å²) in [7, 11) is 1.25. The molecular weight excluding hydrogens is 328 g/mol. The summed E-state index contributed by atoms with van der Waals surface area (Å²) >= 11 is 0. The number of nitrogens with one attached hydrogen (secondary N) is 2. The van der Waals surface area contributed by atoms with Gasteiger partial charge in [-0.15, -0.1) is 0 Å². The molecule has 0 bridgehead atoms. The second-order valence-electron chi connectivity index (χ2n) is 5.63. The summed E-state index contributed by atoms with van der Waals surface area (Å²) < 4.78 is 9.36. The van der Waals surface area contributed by atoms with Gasteiger partial charge in [0.2, 0.25) is 0 Å². The van der Waals surface area contributed by atoms with E-state index in [-0.39, 0.29) is 11.1 Å². The van der Waals surface area contributed by atoms with E-state index in [9.17, 15) is 19.2 Å². The maximum atomic E-state index is 11.8. The molecular formula is C17H22N2O6. The van der Waals surface area contributed by atoms with Crippen LogP contribution >= 0.6 is 0 Å². The minimum absolute atomic E-state index is 0.168. The van der Waals surface area contributed by atoms with Gasteiger partial charge in [0.05, 0.1) is 18.2 Å². The molecule has 2 N–H and O–H groups in total. The van der Waals surface area contributed by atoms with Crippen molar-refractivity contribution >= 4 is 23.9 Å². The lowest BCUT2D eigenvalue weighted by molar-refractivity contribution is -0.123. The summed E-state index contributed by atoms with van der Waals surface area (Å²) in [6, 6.07) is 4.94. The molecule has 8 nitrogen and oxygen atoms in total. The molecule has 0 unspecified atom stereocenters. The second kappa shape index (κ2) is 10.1. The number of urea groups is 1. The molecule has 1 aromatic rings. The number of imide groups is 1. The van der Waals surface area contributed by atoms with E-state index in [4.69, 9.17) is 4.74 Å². The van der Waals surface area contributed by atoms with Crippen LogP contribution in [0.2, 0.25) is 0 Å². The van der Waals surface area contributed by atoms with Crippen molar-refractivity contribution in [3.8, 4) is 0 Å². The molecule has 136 valence electrons. The highest BCUT2D eigenvalue weighted by Gasteiger charge is 2.13. The summed E-state index contributed by atoms with van der Waals surface area (Å²) in [5.41, 5.74) is 0.455. The Labute approximate surface area is 145 Å². The Morgan fingerprint density at radius 1 is 1.00 bits per heavy atom. The van der Waals surface area contributed by atoms with Crippen LogP contribution in [0, 0.1) is 5.92 Å². The number of amides is 3. The van der Waals surface area contributed by atoms with E-state index < -0.39 is 30.5 Å². The number of hydrogen-bond donors (Lipinski definition) is 2. The minimum Gasteiger partial charge on any atom is -0.465 e. The van der Waals surface area contributed by atoms with Gasteiger partial charge >= 0.3 is 18.0 Å². The van der Waals surface area contributed by atoms with E-state index >= 15 is 0 Å². The third-order valence-corrected chi connectivity index (χ3v) is 3.14. The zero-order valence-corrected chi connectivity index (χ0v) is 14.5. The fourth-order valence-electron chi connectivity index (χ4n) is 1.76. The number of carbonyl (C=O) groups is 4. The molecule has 0 spiro atoms. The first-order chi connectivity index (χ1) is 11.8. The number of carbonyl (C=O) groups excluding carboxylic acids is 4. The Morgan fingerprint density at radius 2 is 1.56 bits per heavy atom. The van der Waals surface area contributed by atoms with Gasteiger partial charge in [0.25, 0.3) is 5.91 Å².